The third-order valence-corrected chi connectivity index (χ3v) is 5.14. The average molecular weight is 419 g/mol. The number of benzodiazepines with no additional fused rings is 1. The zero-order chi connectivity index (χ0) is 20.5. The third-order valence-electron chi connectivity index (χ3n) is 4.58. The van der Waals surface area contributed by atoms with E-state index in [4.69, 9.17) is 23.2 Å². The molecule has 1 atom stereocenters. The Bertz CT molecular complexity index is 958. The van der Waals surface area contributed by atoms with Gasteiger partial charge in [0.25, 0.3) is 5.91 Å². The van der Waals surface area contributed by atoms with Gasteiger partial charge >= 0.3 is 5.97 Å². The smallest absolute Gasteiger partial charge is 0.306 e. The molecule has 2 aromatic carbocycles. The molecule has 0 spiro atoms. The minimum atomic E-state index is -1.66. The number of benzene rings is 2. The van der Waals surface area contributed by atoms with Crippen LogP contribution in [0.4, 0.5) is 5.69 Å². The molecule has 1 aliphatic rings. The molecule has 1 aliphatic heterocycles. The first-order valence-corrected chi connectivity index (χ1v) is 9.64. The Balaban J connectivity index is 2.28. The summed E-state index contributed by atoms with van der Waals surface area (Å²) in [7, 11) is 0. The van der Waals surface area contributed by atoms with E-state index in [0.29, 0.717) is 33.4 Å². The highest BCUT2D eigenvalue weighted by Gasteiger charge is 2.47. The SMILES string of the molecule is CC(C)CN1C(=O)[C@@](CC(=O)O)(c2ccccc2Cl)N=Cc2cc(Cl)ccc21. The molecule has 0 aromatic heterocycles. The van der Waals surface area contributed by atoms with Crippen molar-refractivity contribution in [1.29, 1.82) is 0 Å². The lowest BCUT2D eigenvalue weighted by molar-refractivity contribution is -0.141. The van der Waals surface area contributed by atoms with E-state index in [9.17, 15) is 14.7 Å². The summed E-state index contributed by atoms with van der Waals surface area (Å²) in [6.45, 7) is 4.38. The molecule has 2 aromatic rings. The molecule has 28 heavy (non-hydrogen) atoms. The van der Waals surface area contributed by atoms with Gasteiger partial charge in [-0.1, -0.05) is 55.2 Å². The highest BCUT2D eigenvalue weighted by molar-refractivity contribution is 6.32. The van der Waals surface area contributed by atoms with Gasteiger partial charge in [-0.25, -0.2) is 0 Å². The molecule has 146 valence electrons. The number of carbonyl (C=O) groups excluding carboxylic acids is 1. The van der Waals surface area contributed by atoms with Gasteiger partial charge in [0.05, 0.1) is 12.1 Å². The summed E-state index contributed by atoms with van der Waals surface area (Å²) >= 11 is 12.5. The molecular weight excluding hydrogens is 399 g/mol. The number of nitrogens with zero attached hydrogens (tertiary/aromatic N) is 2. The normalized spacial score (nSPS) is 18.9. The third kappa shape index (κ3) is 3.77. The van der Waals surface area contributed by atoms with Crippen molar-refractivity contribution in [3.63, 3.8) is 0 Å². The molecule has 5 nitrogen and oxygen atoms in total. The second-order valence-corrected chi connectivity index (χ2v) is 8.03. The fourth-order valence-electron chi connectivity index (χ4n) is 3.41. The number of rotatable bonds is 5. The molecule has 0 unspecified atom stereocenters. The summed E-state index contributed by atoms with van der Waals surface area (Å²) in [5, 5.41) is 10.4. The predicted octanol–water partition coefficient (Wildman–Crippen LogP) is 4.79. The molecule has 7 heteroatoms. The number of hydrogen-bond acceptors (Lipinski definition) is 3. The van der Waals surface area contributed by atoms with Crippen molar-refractivity contribution in [2.24, 2.45) is 10.9 Å². The average Bonchev–Trinajstić information content (AvgIpc) is 2.72. The molecule has 0 fully saturated rings. The first-order chi connectivity index (χ1) is 13.2. The van der Waals surface area contributed by atoms with Crippen LogP contribution in [0.15, 0.2) is 47.5 Å². The largest absolute Gasteiger partial charge is 0.481 e. The van der Waals surface area contributed by atoms with Crippen LogP contribution in [-0.2, 0) is 15.1 Å². The zero-order valence-corrected chi connectivity index (χ0v) is 17.0. The molecule has 0 saturated carbocycles. The number of fused-ring (bicyclic) bond motifs is 1. The van der Waals surface area contributed by atoms with Crippen LogP contribution in [0, 0.1) is 5.92 Å². The van der Waals surface area contributed by atoms with Crippen molar-refractivity contribution >= 4 is 47.0 Å². The number of amides is 1. The molecule has 0 aliphatic carbocycles. The monoisotopic (exact) mass is 418 g/mol. The van der Waals surface area contributed by atoms with Crippen molar-refractivity contribution in [2.45, 2.75) is 25.8 Å². The lowest BCUT2D eigenvalue weighted by atomic mass is 9.85. The first-order valence-electron chi connectivity index (χ1n) is 8.88. The maximum atomic E-state index is 13.8. The highest BCUT2D eigenvalue weighted by Crippen LogP contribution is 2.40. The lowest BCUT2D eigenvalue weighted by Gasteiger charge is -2.34. The molecule has 1 N–H and O–H groups in total. The van der Waals surface area contributed by atoms with Gasteiger partial charge in [0.2, 0.25) is 0 Å². The molecule has 1 heterocycles. The Morgan fingerprint density at radius 2 is 1.93 bits per heavy atom. The van der Waals surface area contributed by atoms with Gasteiger partial charge < -0.3 is 10.0 Å². The van der Waals surface area contributed by atoms with E-state index in [0.717, 1.165) is 0 Å². The van der Waals surface area contributed by atoms with Crippen LogP contribution in [0.2, 0.25) is 10.0 Å². The fraction of sp³-hybridized carbons (Fsp3) is 0.286. The quantitative estimate of drug-likeness (QED) is 0.758. The number of hydrogen-bond donors (Lipinski definition) is 1. The molecule has 3 rings (SSSR count). The van der Waals surface area contributed by atoms with Gasteiger partial charge in [0.1, 0.15) is 0 Å². The van der Waals surface area contributed by atoms with Crippen molar-refractivity contribution in [3.05, 3.63) is 63.6 Å². The summed E-state index contributed by atoms with van der Waals surface area (Å²) in [4.78, 5) is 31.7. The van der Waals surface area contributed by atoms with E-state index in [1.54, 1.807) is 47.4 Å². The minimum absolute atomic E-state index is 0.152. The molecule has 1 amide bonds. The van der Waals surface area contributed by atoms with Gasteiger partial charge in [0.15, 0.2) is 5.54 Å². The Hall–Kier alpha value is -2.37. The number of halogens is 2. The predicted molar refractivity (Wildman–Crippen MR) is 112 cm³/mol. The van der Waals surface area contributed by atoms with Gasteiger partial charge in [-0.3, -0.25) is 14.6 Å². The summed E-state index contributed by atoms with van der Waals surface area (Å²) in [6.07, 6.45) is 1.01. The molecule has 0 bridgehead atoms. The summed E-state index contributed by atoms with van der Waals surface area (Å²) < 4.78 is 0. The standard InChI is InChI=1S/C21H20Cl2N2O3/c1-13(2)12-25-18-8-7-15(22)9-14(18)11-24-21(20(25)28,10-19(26)27)16-5-3-4-6-17(16)23/h3-9,11,13H,10,12H2,1-2H3,(H,26,27)/t21-/m1/s1. The van der Waals surface area contributed by atoms with Crippen molar-refractivity contribution in [1.82, 2.24) is 0 Å². The van der Waals surface area contributed by atoms with Gasteiger partial charge in [-0.05, 0) is 30.2 Å². The van der Waals surface area contributed by atoms with Gasteiger partial charge in [0, 0.05) is 33.9 Å². The van der Waals surface area contributed by atoms with E-state index in [-0.39, 0.29) is 5.92 Å². The topological polar surface area (TPSA) is 70.0 Å². The van der Waals surface area contributed by atoms with Crippen LogP contribution < -0.4 is 4.90 Å². The Kier molecular flexibility index (Phi) is 5.77. The van der Waals surface area contributed by atoms with Crippen LogP contribution >= 0.6 is 23.2 Å². The second kappa shape index (κ2) is 7.94. The van der Waals surface area contributed by atoms with Crippen LogP contribution in [0.3, 0.4) is 0 Å². The van der Waals surface area contributed by atoms with Crippen LogP contribution in [0.5, 0.6) is 0 Å². The van der Waals surface area contributed by atoms with Crippen molar-refractivity contribution < 1.29 is 14.7 Å². The van der Waals surface area contributed by atoms with E-state index < -0.39 is 23.8 Å². The Morgan fingerprint density at radius 1 is 1.21 bits per heavy atom. The molecule has 0 saturated heterocycles. The number of aliphatic imine (C=N–C) groups is 1. The van der Waals surface area contributed by atoms with E-state index >= 15 is 0 Å². The first kappa shape index (κ1) is 20.4. The van der Waals surface area contributed by atoms with E-state index in [1.165, 1.54) is 6.21 Å². The summed E-state index contributed by atoms with van der Waals surface area (Å²) in [6, 6.07) is 11.9. The number of carbonyl (C=O) groups is 2. The number of carboxylic acid groups (broad SMARTS) is 1. The molecular formula is C21H20Cl2N2O3. The van der Waals surface area contributed by atoms with Crippen LogP contribution in [0.1, 0.15) is 31.4 Å². The Morgan fingerprint density at radius 3 is 2.57 bits per heavy atom. The number of aliphatic carboxylic acids is 1. The number of carboxylic acids is 1. The molecule has 0 radical (unpaired) electrons. The van der Waals surface area contributed by atoms with Crippen LogP contribution in [-0.4, -0.2) is 29.7 Å². The second-order valence-electron chi connectivity index (χ2n) is 7.18. The van der Waals surface area contributed by atoms with E-state index in [2.05, 4.69) is 4.99 Å². The minimum Gasteiger partial charge on any atom is -0.481 e. The fourth-order valence-corrected chi connectivity index (χ4v) is 3.88. The lowest BCUT2D eigenvalue weighted by Crippen LogP contribution is -2.48. The highest BCUT2D eigenvalue weighted by atomic mass is 35.5. The maximum absolute atomic E-state index is 13.8. The van der Waals surface area contributed by atoms with Crippen molar-refractivity contribution in [3.8, 4) is 0 Å². The van der Waals surface area contributed by atoms with Gasteiger partial charge in [-0.15, -0.1) is 0 Å². The summed E-state index contributed by atoms with van der Waals surface area (Å²) in [5.41, 5.74) is 0.00449. The van der Waals surface area contributed by atoms with Crippen LogP contribution in [0.25, 0.3) is 0 Å². The van der Waals surface area contributed by atoms with E-state index in [1.807, 2.05) is 13.8 Å². The van der Waals surface area contributed by atoms with Crippen molar-refractivity contribution in [2.75, 3.05) is 11.4 Å². The summed E-state index contributed by atoms with van der Waals surface area (Å²) in [5.74, 6) is -1.41. The van der Waals surface area contributed by atoms with Gasteiger partial charge in [-0.2, -0.15) is 0 Å². The Labute approximate surface area is 173 Å². The maximum Gasteiger partial charge on any atom is 0.306 e. The number of anilines is 1. The zero-order valence-electron chi connectivity index (χ0n) is 15.5.